The summed E-state index contributed by atoms with van der Waals surface area (Å²) in [6.45, 7) is 0. The van der Waals surface area contributed by atoms with Crippen LogP contribution in [0, 0.1) is 0 Å². The number of carboxylic acids is 5. The predicted molar refractivity (Wildman–Crippen MR) is 86.6 cm³/mol. The number of aliphatic hydroxyl groups is 1. The number of aliphatic carboxylic acids is 5. The van der Waals surface area contributed by atoms with E-state index in [0.717, 1.165) is 0 Å². The van der Waals surface area contributed by atoms with E-state index in [9.17, 15) is 24.0 Å². The van der Waals surface area contributed by atoms with E-state index in [0.29, 0.717) is 12.2 Å². The molecule has 0 aliphatic rings. The molecule has 26 heavy (non-hydrogen) atoms. The molecule has 16 nitrogen and oxygen atoms in total. The molecule has 158 valence electrons. The Kier molecular flexibility index (Phi) is 33.2. The molecule has 0 spiro atoms. The van der Waals surface area contributed by atoms with Crippen molar-refractivity contribution in [3.63, 3.8) is 0 Å². The number of hydrogen-bond acceptors (Lipinski definition) is 11. The first-order valence-corrected chi connectivity index (χ1v) is 4.94. The first kappa shape index (κ1) is 43.4. The Bertz CT molecular complexity index is 448. The Morgan fingerprint density at radius 2 is 0.846 bits per heavy atom. The molecule has 0 fully saturated rings. The molecule has 21 N–H and O–H groups in total. The zero-order valence-corrected chi connectivity index (χ0v) is 13.8. The fourth-order valence-corrected chi connectivity index (χ4v) is 0.857. The summed E-state index contributed by atoms with van der Waals surface area (Å²) in [5.41, 5.74) is -2.74. The molecule has 0 amide bonds. The van der Waals surface area contributed by atoms with Gasteiger partial charge < -0.3 is 61.4 Å². The smallest absolute Gasteiger partial charge is 0.336 e. The van der Waals surface area contributed by atoms with Gasteiger partial charge in [0.2, 0.25) is 0 Å². The maximum atomic E-state index is 10.3. The van der Waals surface area contributed by atoms with Gasteiger partial charge in [-0.05, 0) is 0 Å². The quantitative estimate of drug-likeness (QED) is 0.237. The van der Waals surface area contributed by atoms with E-state index in [1.54, 1.807) is 0 Å². The third-order valence-electron chi connectivity index (χ3n) is 1.65. The van der Waals surface area contributed by atoms with E-state index in [1.165, 1.54) is 0 Å². The van der Waals surface area contributed by atoms with Gasteiger partial charge in [0.05, 0.1) is 12.8 Å². The third-order valence-corrected chi connectivity index (χ3v) is 1.65. The molecule has 0 atom stereocenters. The normalized spacial score (nSPS) is 8.35. The molecule has 0 unspecified atom stereocenters. The minimum Gasteiger partial charge on any atom is -0.481 e. The van der Waals surface area contributed by atoms with E-state index < -0.39 is 48.3 Å². The topological polar surface area (TPSA) is 382 Å². The van der Waals surface area contributed by atoms with Crippen molar-refractivity contribution < 1.29 is 54.6 Å². The molecule has 0 bridgehead atoms. The molecule has 0 aromatic heterocycles. The van der Waals surface area contributed by atoms with Crippen LogP contribution in [0.5, 0.6) is 0 Å². The van der Waals surface area contributed by atoms with Gasteiger partial charge in [-0.1, -0.05) is 0 Å². The Hall–Kier alpha value is -3.15. The fourth-order valence-electron chi connectivity index (χ4n) is 0.857. The summed E-state index contributed by atoms with van der Waals surface area (Å²) >= 11 is 0. The van der Waals surface area contributed by atoms with E-state index in [2.05, 4.69) is 0 Å². The number of carbonyl (C=O) groups is 5. The summed E-state index contributed by atoms with van der Waals surface area (Å²) in [7, 11) is 0. The lowest BCUT2D eigenvalue weighted by Gasteiger charge is -2.18. The maximum Gasteiger partial charge on any atom is 0.336 e. The summed E-state index contributed by atoms with van der Waals surface area (Å²) in [5, 5.41) is 49.4. The van der Waals surface area contributed by atoms with Crippen molar-refractivity contribution in [2.75, 3.05) is 0 Å². The highest BCUT2D eigenvalue weighted by Crippen LogP contribution is 2.15. The lowest BCUT2D eigenvalue weighted by Crippen LogP contribution is -2.42. The van der Waals surface area contributed by atoms with Gasteiger partial charge in [-0.3, -0.25) is 9.59 Å². The van der Waals surface area contributed by atoms with E-state index in [1.807, 2.05) is 0 Å². The molecular weight excluding hydrogens is 366 g/mol. The monoisotopic (exact) mass is 393 g/mol. The molecule has 16 heteroatoms. The van der Waals surface area contributed by atoms with Gasteiger partial charge in [-0.25, -0.2) is 14.4 Å². The molecule has 0 heterocycles. The second-order valence-electron chi connectivity index (χ2n) is 3.49. The van der Waals surface area contributed by atoms with Crippen LogP contribution < -0.4 is 30.8 Å². The zero-order valence-electron chi connectivity index (χ0n) is 13.8. The summed E-state index contributed by atoms with van der Waals surface area (Å²) in [6, 6.07) is 0. The van der Waals surface area contributed by atoms with Crippen LogP contribution in [-0.2, 0) is 24.0 Å². The molecule has 0 aromatic rings. The summed E-state index contributed by atoms with van der Waals surface area (Å²) < 4.78 is 0. The van der Waals surface area contributed by atoms with Crippen LogP contribution in [-0.4, -0.2) is 66.1 Å². The zero-order chi connectivity index (χ0) is 17.2. The lowest BCUT2D eigenvalue weighted by molar-refractivity contribution is -0.170. The molecule has 0 radical (unpaired) electrons. The summed E-state index contributed by atoms with van der Waals surface area (Å²) in [5.74, 6) is -7.53. The van der Waals surface area contributed by atoms with Crippen LogP contribution in [0.4, 0.5) is 0 Å². The number of hydrogen-bond donors (Lipinski definition) is 11. The Balaban J connectivity index is -0.0000000499. The van der Waals surface area contributed by atoms with Crippen LogP contribution in [0.2, 0.25) is 0 Å². The summed E-state index contributed by atoms with van der Waals surface area (Å²) in [6.07, 6.45) is -1.17. The van der Waals surface area contributed by atoms with E-state index >= 15 is 0 Å². The highest BCUT2D eigenvalue weighted by atomic mass is 16.4. The van der Waals surface area contributed by atoms with Crippen LogP contribution in [0.3, 0.4) is 0 Å². The second kappa shape index (κ2) is 19.9. The van der Waals surface area contributed by atoms with Gasteiger partial charge in [-0.2, -0.15) is 0 Å². The maximum absolute atomic E-state index is 10.3. The third kappa shape index (κ3) is 25.8. The highest BCUT2D eigenvalue weighted by molar-refractivity contribution is 5.89. The van der Waals surface area contributed by atoms with Gasteiger partial charge in [0.25, 0.3) is 0 Å². The standard InChI is InChI=1S/C6H8O7.C4H4O4.5H3N/c7-3(8)1-6(13,5(11)12)2-4(9)10;5-3(6)1-2-4(7)8;;;;;/h13H,1-2H2,(H,7,8)(H,9,10)(H,11,12);1-2H,(H,5,6)(H,7,8);5*1H3/b;2-1+;;;;;. The van der Waals surface area contributed by atoms with Crippen molar-refractivity contribution in [3.8, 4) is 0 Å². The van der Waals surface area contributed by atoms with Crippen LogP contribution >= 0.6 is 0 Å². The van der Waals surface area contributed by atoms with Crippen molar-refractivity contribution in [3.05, 3.63) is 12.2 Å². The van der Waals surface area contributed by atoms with Gasteiger partial charge >= 0.3 is 29.8 Å². The average molecular weight is 393 g/mol. The molecule has 0 aliphatic heterocycles. The Morgan fingerprint density at radius 3 is 0.962 bits per heavy atom. The largest absolute Gasteiger partial charge is 0.481 e. The van der Waals surface area contributed by atoms with Crippen LogP contribution in [0.25, 0.3) is 0 Å². The van der Waals surface area contributed by atoms with Crippen molar-refractivity contribution in [2.45, 2.75) is 18.4 Å². The number of carboxylic acid groups (broad SMARTS) is 5. The summed E-state index contributed by atoms with van der Waals surface area (Å²) in [4.78, 5) is 49.6. The van der Waals surface area contributed by atoms with Crippen molar-refractivity contribution >= 4 is 29.8 Å². The first-order valence-electron chi connectivity index (χ1n) is 4.94. The van der Waals surface area contributed by atoms with Gasteiger partial charge in [-0.15, -0.1) is 0 Å². The van der Waals surface area contributed by atoms with Gasteiger partial charge in [0.15, 0.2) is 5.60 Å². The average Bonchev–Trinajstić information content (AvgIpc) is 2.24. The van der Waals surface area contributed by atoms with Crippen molar-refractivity contribution in [1.82, 2.24) is 30.8 Å². The fraction of sp³-hybridized carbons (Fsp3) is 0.300. The predicted octanol–water partition coefficient (Wildman–Crippen LogP) is -0.727. The molecule has 0 aliphatic carbocycles. The molecule has 0 rings (SSSR count). The highest BCUT2D eigenvalue weighted by Gasteiger charge is 2.40. The second-order valence-corrected chi connectivity index (χ2v) is 3.49. The Labute approximate surface area is 147 Å². The van der Waals surface area contributed by atoms with Gasteiger partial charge in [0, 0.05) is 12.2 Å². The molecular formula is C10H27N5O11. The number of rotatable bonds is 7. The van der Waals surface area contributed by atoms with Crippen LogP contribution in [0.1, 0.15) is 12.8 Å². The van der Waals surface area contributed by atoms with Gasteiger partial charge in [0.1, 0.15) is 0 Å². The molecule has 0 saturated carbocycles. The van der Waals surface area contributed by atoms with Crippen molar-refractivity contribution in [2.24, 2.45) is 0 Å². The minimum atomic E-state index is -2.74. The molecule has 0 saturated heterocycles. The molecule has 0 aromatic carbocycles. The minimum absolute atomic E-state index is 0. The Morgan fingerprint density at radius 1 is 0.615 bits per heavy atom. The van der Waals surface area contributed by atoms with Crippen LogP contribution in [0.15, 0.2) is 12.2 Å². The first-order chi connectivity index (χ1) is 9.40. The van der Waals surface area contributed by atoms with E-state index in [-0.39, 0.29) is 30.8 Å². The lowest BCUT2D eigenvalue weighted by atomic mass is 9.96. The van der Waals surface area contributed by atoms with Crippen molar-refractivity contribution in [1.29, 1.82) is 0 Å². The SMILES string of the molecule is N.N.N.N.N.O=C(O)/C=C/C(=O)O.O=C(O)CC(O)(CC(=O)O)C(=O)O. The van der Waals surface area contributed by atoms with E-state index in [4.69, 9.17) is 30.6 Å².